The van der Waals surface area contributed by atoms with Crippen molar-refractivity contribution in [3.8, 4) is 0 Å². The zero-order valence-electron chi connectivity index (χ0n) is 12.5. The summed E-state index contributed by atoms with van der Waals surface area (Å²) >= 11 is 0. The first-order valence-corrected chi connectivity index (χ1v) is 7.73. The van der Waals surface area contributed by atoms with Crippen molar-refractivity contribution in [1.82, 2.24) is 10.6 Å². The minimum atomic E-state index is -0.352. The molecule has 1 aromatic carbocycles. The summed E-state index contributed by atoms with van der Waals surface area (Å²) < 4.78 is 5.65. The number of amides is 2. The van der Waals surface area contributed by atoms with Crippen molar-refractivity contribution >= 4 is 17.5 Å². The number of carbonyl (C=O) groups is 2. The van der Waals surface area contributed by atoms with Gasteiger partial charge in [-0.15, -0.1) is 0 Å². The Hall–Kier alpha value is -1.92. The summed E-state index contributed by atoms with van der Waals surface area (Å²) in [6.45, 7) is 3.10. The van der Waals surface area contributed by atoms with E-state index in [1.165, 1.54) is 5.56 Å². The summed E-state index contributed by atoms with van der Waals surface area (Å²) in [6, 6.07) is 5.76. The van der Waals surface area contributed by atoms with Crippen molar-refractivity contribution in [3.63, 3.8) is 0 Å². The van der Waals surface area contributed by atoms with E-state index in [0.717, 1.165) is 30.8 Å². The van der Waals surface area contributed by atoms with E-state index in [2.05, 4.69) is 22.0 Å². The topological polar surface area (TPSA) is 79.5 Å². The average Bonchev–Trinajstić information content (AvgIpc) is 2.61. The standard InChI is InChI=1S/C16H21N3O3/c20-15-4-3-14(16(21)19-15)18-13-2-1-11-5-6-17-7-8-22-10-12(11)9-13/h1-2,9,14,17-18H,3-8,10H2,(H,19,20,21). The summed E-state index contributed by atoms with van der Waals surface area (Å²) in [5, 5.41) is 8.92. The largest absolute Gasteiger partial charge is 0.375 e. The second-order valence-corrected chi connectivity index (χ2v) is 5.68. The van der Waals surface area contributed by atoms with Crippen LogP contribution in [0.4, 0.5) is 5.69 Å². The zero-order valence-corrected chi connectivity index (χ0v) is 12.5. The fraction of sp³-hybridized carbons (Fsp3) is 0.500. The number of hydrogen-bond donors (Lipinski definition) is 3. The van der Waals surface area contributed by atoms with E-state index in [9.17, 15) is 9.59 Å². The lowest BCUT2D eigenvalue weighted by atomic mass is 10.0. The Balaban J connectivity index is 1.72. The van der Waals surface area contributed by atoms with Gasteiger partial charge in [0.1, 0.15) is 6.04 Å². The van der Waals surface area contributed by atoms with Crippen LogP contribution in [0.15, 0.2) is 18.2 Å². The molecular formula is C16H21N3O3. The van der Waals surface area contributed by atoms with Crippen molar-refractivity contribution < 1.29 is 14.3 Å². The first-order valence-electron chi connectivity index (χ1n) is 7.73. The molecule has 3 rings (SSSR count). The minimum Gasteiger partial charge on any atom is -0.375 e. The van der Waals surface area contributed by atoms with Gasteiger partial charge >= 0.3 is 0 Å². The van der Waals surface area contributed by atoms with E-state index in [-0.39, 0.29) is 17.9 Å². The molecule has 1 atom stereocenters. The van der Waals surface area contributed by atoms with Crippen LogP contribution in [-0.4, -0.2) is 37.6 Å². The molecule has 0 aliphatic carbocycles. The van der Waals surface area contributed by atoms with Crippen LogP contribution < -0.4 is 16.0 Å². The van der Waals surface area contributed by atoms with Crippen molar-refractivity contribution in [1.29, 1.82) is 0 Å². The van der Waals surface area contributed by atoms with E-state index < -0.39 is 0 Å². The van der Waals surface area contributed by atoms with Crippen LogP contribution in [0.5, 0.6) is 0 Å². The Morgan fingerprint density at radius 2 is 2.05 bits per heavy atom. The number of benzene rings is 1. The number of piperidine rings is 1. The lowest BCUT2D eigenvalue weighted by Gasteiger charge is -2.23. The molecule has 2 heterocycles. The normalized spacial score (nSPS) is 22.8. The summed E-state index contributed by atoms with van der Waals surface area (Å²) in [5.41, 5.74) is 3.31. The van der Waals surface area contributed by atoms with Crippen LogP contribution in [0, 0.1) is 0 Å². The number of fused-ring (bicyclic) bond motifs is 1. The van der Waals surface area contributed by atoms with E-state index in [4.69, 9.17) is 4.74 Å². The fourth-order valence-corrected chi connectivity index (χ4v) is 2.80. The first-order chi connectivity index (χ1) is 10.7. The summed E-state index contributed by atoms with van der Waals surface area (Å²) in [7, 11) is 0. The number of rotatable bonds is 2. The molecule has 0 radical (unpaired) electrons. The molecule has 2 aliphatic rings. The summed E-state index contributed by atoms with van der Waals surface area (Å²) in [4.78, 5) is 23.0. The maximum absolute atomic E-state index is 11.8. The highest BCUT2D eigenvalue weighted by atomic mass is 16.5. The van der Waals surface area contributed by atoms with Gasteiger partial charge in [0.05, 0.1) is 13.2 Å². The van der Waals surface area contributed by atoms with Gasteiger partial charge in [-0.1, -0.05) is 6.07 Å². The number of ether oxygens (including phenoxy) is 1. The number of imide groups is 1. The molecule has 3 N–H and O–H groups in total. The molecule has 1 fully saturated rings. The van der Waals surface area contributed by atoms with Crippen LogP contribution in [0.2, 0.25) is 0 Å². The molecular weight excluding hydrogens is 282 g/mol. The molecule has 0 bridgehead atoms. The van der Waals surface area contributed by atoms with Gasteiger partial charge in [0.25, 0.3) is 0 Å². The summed E-state index contributed by atoms with van der Waals surface area (Å²) in [6.07, 6.45) is 1.88. The van der Waals surface area contributed by atoms with Gasteiger partial charge in [-0.2, -0.15) is 0 Å². The molecule has 1 unspecified atom stereocenters. The number of nitrogens with one attached hydrogen (secondary N) is 3. The molecule has 118 valence electrons. The highest BCUT2D eigenvalue weighted by Gasteiger charge is 2.26. The molecule has 2 aliphatic heterocycles. The number of anilines is 1. The monoisotopic (exact) mass is 303 g/mol. The summed E-state index contributed by atoms with van der Waals surface area (Å²) in [5.74, 6) is -0.446. The van der Waals surface area contributed by atoms with Crippen molar-refractivity contribution in [2.75, 3.05) is 25.0 Å². The van der Waals surface area contributed by atoms with E-state index in [0.29, 0.717) is 26.1 Å². The van der Waals surface area contributed by atoms with Crippen LogP contribution >= 0.6 is 0 Å². The van der Waals surface area contributed by atoms with Crippen LogP contribution in [-0.2, 0) is 27.4 Å². The van der Waals surface area contributed by atoms with E-state index in [1.54, 1.807) is 0 Å². The van der Waals surface area contributed by atoms with Gasteiger partial charge in [0.2, 0.25) is 11.8 Å². The Morgan fingerprint density at radius 3 is 2.91 bits per heavy atom. The van der Waals surface area contributed by atoms with Crippen molar-refractivity contribution in [2.45, 2.75) is 31.9 Å². The molecule has 2 amide bonds. The molecule has 0 spiro atoms. The quantitative estimate of drug-likeness (QED) is 0.696. The van der Waals surface area contributed by atoms with Crippen LogP contribution in [0.1, 0.15) is 24.0 Å². The predicted molar refractivity (Wildman–Crippen MR) is 82.5 cm³/mol. The zero-order chi connectivity index (χ0) is 15.4. The molecule has 6 nitrogen and oxygen atoms in total. The van der Waals surface area contributed by atoms with Crippen molar-refractivity contribution in [2.24, 2.45) is 0 Å². The second kappa shape index (κ2) is 6.89. The lowest BCUT2D eigenvalue weighted by Crippen LogP contribution is -2.47. The van der Waals surface area contributed by atoms with Gasteiger partial charge in [-0.05, 0) is 42.6 Å². The molecule has 1 saturated heterocycles. The third kappa shape index (κ3) is 3.64. The maximum Gasteiger partial charge on any atom is 0.249 e. The molecule has 0 saturated carbocycles. The first kappa shape index (κ1) is 15.0. The number of carbonyl (C=O) groups excluding carboxylic acids is 2. The van der Waals surface area contributed by atoms with Crippen molar-refractivity contribution in [3.05, 3.63) is 29.3 Å². The van der Waals surface area contributed by atoms with E-state index in [1.807, 2.05) is 12.1 Å². The Kier molecular flexibility index (Phi) is 4.70. The fourth-order valence-electron chi connectivity index (χ4n) is 2.80. The Bertz CT molecular complexity index is 574. The highest BCUT2D eigenvalue weighted by Crippen LogP contribution is 2.20. The van der Waals surface area contributed by atoms with Gasteiger partial charge in [0, 0.05) is 18.7 Å². The third-order valence-corrected chi connectivity index (χ3v) is 4.04. The molecule has 0 aromatic heterocycles. The molecule has 6 heteroatoms. The van der Waals surface area contributed by atoms with Gasteiger partial charge in [-0.25, -0.2) is 0 Å². The van der Waals surface area contributed by atoms with E-state index >= 15 is 0 Å². The van der Waals surface area contributed by atoms with Gasteiger partial charge < -0.3 is 15.4 Å². The smallest absolute Gasteiger partial charge is 0.249 e. The number of hydrogen-bond acceptors (Lipinski definition) is 5. The minimum absolute atomic E-state index is 0.196. The van der Waals surface area contributed by atoms with Crippen LogP contribution in [0.25, 0.3) is 0 Å². The van der Waals surface area contributed by atoms with Gasteiger partial charge in [-0.3, -0.25) is 14.9 Å². The maximum atomic E-state index is 11.8. The average molecular weight is 303 g/mol. The predicted octanol–water partition coefficient (Wildman–Crippen LogP) is 0.566. The SMILES string of the molecule is O=C1CCC(Nc2ccc3c(c2)COCCNCC3)C(=O)N1. The molecule has 1 aromatic rings. The second-order valence-electron chi connectivity index (χ2n) is 5.68. The van der Waals surface area contributed by atoms with Gasteiger partial charge in [0.15, 0.2) is 0 Å². The lowest BCUT2D eigenvalue weighted by molar-refractivity contribution is -0.133. The Labute approximate surface area is 129 Å². The van der Waals surface area contributed by atoms with Crippen LogP contribution in [0.3, 0.4) is 0 Å². The Morgan fingerprint density at radius 1 is 1.14 bits per heavy atom. The highest BCUT2D eigenvalue weighted by molar-refractivity contribution is 6.01. The third-order valence-electron chi connectivity index (χ3n) is 4.04. The molecule has 22 heavy (non-hydrogen) atoms.